The van der Waals surface area contributed by atoms with E-state index in [-0.39, 0.29) is 12.3 Å². The van der Waals surface area contributed by atoms with E-state index in [1.165, 1.54) is 6.26 Å². The number of nitrogens with zero attached hydrogens (tertiary/aromatic N) is 3. The van der Waals surface area contributed by atoms with E-state index in [0.717, 1.165) is 11.3 Å². The molecule has 0 unspecified atom stereocenters. The second-order valence-electron chi connectivity index (χ2n) is 5.62. The van der Waals surface area contributed by atoms with Gasteiger partial charge in [0.2, 0.25) is 11.8 Å². The number of likely N-dealkylation sites (N-methyl/N-ethyl adjacent to an activating group) is 1. The van der Waals surface area contributed by atoms with E-state index in [2.05, 4.69) is 11.1 Å². The van der Waals surface area contributed by atoms with Crippen LogP contribution in [0.4, 0.5) is 5.69 Å². The van der Waals surface area contributed by atoms with Crippen LogP contribution in [-0.4, -0.2) is 17.4 Å². The number of halogens is 1. The number of anilines is 1. The topological polar surface area (TPSA) is 70.1 Å². The lowest BCUT2D eigenvalue weighted by Crippen LogP contribution is -2.32. The number of carbonyl (C=O) groups is 1. The first-order chi connectivity index (χ1) is 12.6. The van der Waals surface area contributed by atoms with Crippen LogP contribution >= 0.6 is 11.6 Å². The van der Waals surface area contributed by atoms with Crippen LogP contribution in [0.1, 0.15) is 18.2 Å². The van der Waals surface area contributed by atoms with Gasteiger partial charge in [-0.15, -0.1) is 0 Å². The number of benzene rings is 2. The summed E-state index contributed by atoms with van der Waals surface area (Å²) in [6.45, 7) is 2.42. The Hall–Kier alpha value is -3.10. The van der Waals surface area contributed by atoms with Crippen LogP contribution in [0.3, 0.4) is 0 Å². The van der Waals surface area contributed by atoms with Gasteiger partial charge in [-0.05, 0) is 55.5 Å². The minimum atomic E-state index is -0.0897. The third-order valence-electron chi connectivity index (χ3n) is 3.90. The summed E-state index contributed by atoms with van der Waals surface area (Å²) in [6.07, 6.45) is 1.62. The third kappa shape index (κ3) is 3.93. The number of nitriles is 1. The maximum absolute atomic E-state index is 12.7. The van der Waals surface area contributed by atoms with Gasteiger partial charge in [0.25, 0.3) is 0 Å². The molecule has 1 amide bonds. The molecule has 1 heterocycles. The van der Waals surface area contributed by atoms with E-state index in [9.17, 15) is 4.79 Å². The van der Waals surface area contributed by atoms with E-state index in [4.69, 9.17) is 21.3 Å². The number of oxazole rings is 1. The molecule has 0 aliphatic rings. The molecule has 3 aromatic rings. The van der Waals surface area contributed by atoms with Gasteiger partial charge in [-0.25, -0.2) is 4.98 Å². The molecular weight excluding hydrogens is 350 g/mol. The van der Waals surface area contributed by atoms with Crippen LogP contribution in [0.15, 0.2) is 59.2 Å². The second kappa shape index (κ2) is 7.85. The summed E-state index contributed by atoms with van der Waals surface area (Å²) in [7, 11) is 0. The smallest absolute Gasteiger partial charge is 0.233 e. The molecule has 0 bridgehead atoms. The summed E-state index contributed by atoms with van der Waals surface area (Å²) < 4.78 is 5.48. The van der Waals surface area contributed by atoms with Crippen molar-refractivity contribution in [2.45, 2.75) is 13.3 Å². The number of amides is 1. The molecule has 0 spiro atoms. The summed E-state index contributed by atoms with van der Waals surface area (Å²) in [6, 6.07) is 16.1. The zero-order chi connectivity index (χ0) is 18.5. The molecule has 6 heteroatoms. The maximum atomic E-state index is 12.7. The monoisotopic (exact) mass is 365 g/mol. The van der Waals surface area contributed by atoms with Crippen molar-refractivity contribution in [3.05, 3.63) is 71.1 Å². The van der Waals surface area contributed by atoms with Crippen LogP contribution in [0.25, 0.3) is 11.5 Å². The van der Waals surface area contributed by atoms with Gasteiger partial charge < -0.3 is 9.32 Å². The Morgan fingerprint density at radius 1 is 1.19 bits per heavy atom. The van der Waals surface area contributed by atoms with Gasteiger partial charge >= 0.3 is 0 Å². The highest BCUT2D eigenvalue weighted by Gasteiger charge is 2.17. The van der Waals surface area contributed by atoms with Gasteiger partial charge in [0, 0.05) is 22.8 Å². The molecular formula is C20H16ClN3O2. The Morgan fingerprint density at radius 2 is 1.88 bits per heavy atom. The van der Waals surface area contributed by atoms with Crippen LogP contribution in [0, 0.1) is 11.3 Å². The SMILES string of the molecule is CCN(C(=O)Cc1coc(-c2ccc(Cl)cc2)n1)c1ccc(C#N)cc1. The average Bonchev–Trinajstić information content (AvgIpc) is 3.12. The number of rotatable bonds is 5. The van der Waals surface area contributed by atoms with Crippen molar-refractivity contribution in [2.24, 2.45) is 0 Å². The zero-order valence-electron chi connectivity index (χ0n) is 14.1. The second-order valence-corrected chi connectivity index (χ2v) is 6.06. The fourth-order valence-electron chi connectivity index (χ4n) is 2.58. The van der Waals surface area contributed by atoms with Gasteiger partial charge in [0.05, 0.1) is 23.7 Å². The van der Waals surface area contributed by atoms with Crippen molar-refractivity contribution in [2.75, 3.05) is 11.4 Å². The summed E-state index contributed by atoms with van der Waals surface area (Å²) in [5.74, 6) is 0.360. The number of aromatic nitrogens is 1. The first kappa shape index (κ1) is 17.7. The molecule has 26 heavy (non-hydrogen) atoms. The highest BCUT2D eigenvalue weighted by atomic mass is 35.5. The van der Waals surface area contributed by atoms with Crippen molar-refractivity contribution in [1.82, 2.24) is 4.98 Å². The molecule has 5 nitrogen and oxygen atoms in total. The lowest BCUT2D eigenvalue weighted by Gasteiger charge is -2.20. The number of hydrogen-bond acceptors (Lipinski definition) is 4. The highest BCUT2D eigenvalue weighted by Crippen LogP contribution is 2.22. The van der Waals surface area contributed by atoms with Gasteiger partial charge in [-0.2, -0.15) is 5.26 Å². The van der Waals surface area contributed by atoms with Crippen LogP contribution in [-0.2, 0) is 11.2 Å². The minimum absolute atomic E-state index is 0.0897. The largest absolute Gasteiger partial charge is 0.444 e. The van der Waals surface area contributed by atoms with Crippen molar-refractivity contribution in [3.8, 4) is 17.5 Å². The first-order valence-corrected chi connectivity index (χ1v) is 8.49. The molecule has 0 radical (unpaired) electrons. The van der Waals surface area contributed by atoms with Gasteiger partial charge in [-0.3, -0.25) is 4.79 Å². The Bertz CT molecular complexity index is 940. The standard InChI is InChI=1S/C20H16ClN3O2/c1-2-24(18-9-3-14(12-22)4-10-18)19(25)11-17-13-26-20(23-17)15-5-7-16(21)8-6-15/h3-10,13H,2,11H2,1H3. The predicted octanol–water partition coefficient (Wildman–Crippen LogP) is 4.46. The van der Waals surface area contributed by atoms with Crippen molar-refractivity contribution < 1.29 is 9.21 Å². The molecule has 0 aliphatic heterocycles. The number of carbonyl (C=O) groups excluding carboxylic acids is 1. The van der Waals surface area contributed by atoms with E-state index in [1.807, 2.05) is 19.1 Å². The quantitative estimate of drug-likeness (QED) is 0.669. The lowest BCUT2D eigenvalue weighted by molar-refractivity contribution is -0.118. The Labute approximate surface area is 156 Å². The highest BCUT2D eigenvalue weighted by molar-refractivity contribution is 6.30. The van der Waals surface area contributed by atoms with E-state index in [0.29, 0.717) is 28.7 Å². The van der Waals surface area contributed by atoms with Crippen molar-refractivity contribution >= 4 is 23.2 Å². The minimum Gasteiger partial charge on any atom is -0.444 e. The Morgan fingerprint density at radius 3 is 2.50 bits per heavy atom. The fourth-order valence-corrected chi connectivity index (χ4v) is 2.71. The summed E-state index contributed by atoms with van der Waals surface area (Å²) in [5.41, 5.74) is 2.67. The van der Waals surface area contributed by atoms with Crippen molar-refractivity contribution in [3.63, 3.8) is 0 Å². The van der Waals surface area contributed by atoms with Gasteiger partial charge in [0.15, 0.2) is 0 Å². The number of hydrogen-bond donors (Lipinski definition) is 0. The van der Waals surface area contributed by atoms with E-state index < -0.39 is 0 Å². The zero-order valence-corrected chi connectivity index (χ0v) is 14.9. The maximum Gasteiger partial charge on any atom is 0.233 e. The molecule has 0 fully saturated rings. The van der Waals surface area contributed by atoms with Crippen LogP contribution < -0.4 is 4.90 Å². The fraction of sp³-hybridized carbons (Fsp3) is 0.150. The van der Waals surface area contributed by atoms with Crippen molar-refractivity contribution in [1.29, 1.82) is 5.26 Å². The van der Waals surface area contributed by atoms with Crippen LogP contribution in [0.2, 0.25) is 5.02 Å². The predicted molar refractivity (Wildman–Crippen MR) is 99.8 cm³/mol. The lowest BCUT2D eigenvalue weighted by atomic mass is 10.2. The van der Waals surface area contributed by atoms with E-state index in [1.54, 1.807) is 41.3 Å². The summed E-state index contributed by atoms with van der Waals surface area (Å²) in [4.78, 5) is 18.7. The molecule has 2 aromatic carbocycles. The van der Waals surface area contributed by atoms with Crippen LogP contribution in [0.5, 0.6) is 0 Å². The summed E-state index contributed by atoms with van der Waals surface area (Å²) in [5, 5.41) is 9.52. The Kier molecular flexibility index (Phi) is 5.35. The van der Waals surface area contributed by atoms with Gasteiger partial charge in [-0.1, -0.05) is 11.6 Å². The van der Waals surface area contributed by atoms with Gasteiger partial charge in [0.1, 0.15) is 6.26 Å². The molecule has 130 valence electrons. The van der Waals surface area contributed by atoms with E-state index >= 15 is 0 Å². The summed E-state index contributed by atoms with van der Waals surface area (Å²) >= 11 is 5.88. The molecule has 0 aliphatic carbocycles. The Balaban J connectivity index is 1.74. The molecule has 0 saturated heterocycles. The molecule has 3 rings (SSSR count). The molecule has 0 atom stereocenters. The third-order valence-corrected chi connectivity index (χ3v) is 4.15. The molecule has 0 saturated carbocycles. The average molecular weight is 366 g/mol. The normalized spacial score (nSPS) is 10.3. The molecule has 0 N–H and O–H groups in total. The molecule has 1 aromatic heterocycles. The first-order valence-electron chi connectivity index (χ1n) is 8.11.